The molecule has 0 aromatic heterocycles. The van der Waals surface area contributed by atoms with Crippen LogP contribution in [-0.4, -0.2) is 81.7 Å². The first-order valence-corrected chi connectivity index (χ1v) is 9.62. The Balaban J connectivity index is 0.00000392. The summed E-state index contributed by atoms with van der Waals surface area (Å²) in [6.07, 6.45) is 1.02. The average molecular weight is 503 g/mol. The number of guanidine groups is 1. The Morgan fingerprint density at radius 2 is 1.86 bits per heavy atom. The molecule has 2 N–H and O–H groups in total. The molecule has 0 spiro atoms. The van der Waals surface area contributed by atoms with Gasteiger partial charge in [0.05, 0.1) is 26.3 Å². The molecule has 1 amide bonds. The molecule has 0 radical (unpaired) electrons. The van der Waals surface area contributed by atoms with E-state index in [4.69, 9.17) is 4.74 Å². The van der Waals surface area contributed by atoms with E-state index in [-0.39, 0.29) is 36.4 Å². The zero-order valence-corrected chi connectivity index (χ0v) is 19.6. The second-order valence-corrected chi connectivity index (χ2v) is 7.03. The van der Waals surface area contributed by atoms with Crippen molar-refractivity contribution in [3.63, 3.8) is 0 Å². The first-order valence-electron chi connectivity index (χ1n) is 9.62. The van der Waals surface area contributed by atoms with Crippen molar-refractivity contribution in [3.8, 4) is 0 Å². The normalized spacial score (nSPS) is 14.9. The Bertz CT molecular complexity index is 601. The van der Waals surface area contributed by atoms with Gasteiger partial charge in [-0.1, -0.05) is 29.8 Å². The van der Waals surface area contributed by atoms with Crippen molar-refractivity contribution in [2.45, 2.75) is 19.9 Å². The zero-order chi connectivity index (χ0) is 19.5. The van der Waals surface area contributed by atoms with Crippen LogP contribution in [0.25, 0.3) is 0 Å². The quantitative estimate of drug-likeness (QED) is 0.244. The number of amides is 1. The summed E-state index contributed by atoms with van der Waals surface area (Å²) in [5.74, 6) is 0.695. The predicted molar refractivity (Wildman–Crippen MR) is 124 cm³/mol. The Morgan fingerprint density at radius 3 is 2.50 bits per heavy atom. The van der Waals surface area contributed by atoms with E-state index in [0.717, 1.165) is 51.4 Å². The van der Waals surface area contributed by atoms with Gasteiger partial charge in [0.1, 0.15) is 0 Å². The van der Waals surface area contributed by atoms with Crippen molar-refractivity contribution in [3.05, 3.63) is 35.4 Å². The number of likely N-dealkylation sites (N-methyl/N-ethyl adjacent to an activating group) is 1. The van der Waals surface area contributed by atoms with Crippen LogP contribution < -0.4 is 10.6 Å². The second kappa shape index (κ2) is 13.7. The number of morpholine rings is 1. The summed E-state index contributed by atoms with van der Waals surface area (Å²) in [5.41, 5.74) is 2.38. The van der Waals surface area contributed by atoms with Gasteiger partial charge in [-0.3, -0.25) is 9.69 Å². The summed E-state index contributed by atoms with van der Waals surface area (Å²) in [7, 11) is 3.51. The standard InChI is InChI=1S/C20H33N5O2.HI/c1-17-5-7-18(8-6-17)15-22-20(23-16-19(26)24(2)3)21-9-4-10-25-11-13-27-14-12-25;/h5-8H,4,9-16H2,1-3H3,(H2,21,22,23);1H. The summed E-state index contributed by atoms with van der Waals surface area (Å²) in [6, 6.07) is 8.34. The average Bonchev–Trinajstić information content (AvgIpc) is 2.68. The lowest BCUT2D eigenvalue weighted by Crippen LogP contribution is -2.44. The summed E-state index contributed by atoms with van der Waals surface area (Å²) < 4.78 is 5.38. The molecule has 8 heteroatoms. The maximum Gasteiger partial charge on any atom is 0.241 e. The van der Waals surface area contributed by atoms with Crippen molar-refractivity contribution >= 4 is 35.8 Å². The Labute approximate surface area is 185 Å². The van der Waals surface area contributed by atoms with Crippen LogP contribution in [-0.2, 0) is 16.1 Å². The highest BCUT2D eigenvalue weighted by molar-refractivity contribution is 14.0. The van der Waals surface area contributed by atoms with E-state index in [1.54, 1.807) is 19.0 Å². The number of nitrogens with one attached hydrogen (secondary N) is 2. The fourth-order valence-electron chi connectivity index (χ4n) is 2.69. The van der Waals surface area contributed by atoms with E-state index >= 15 is 0 Å². The molecule has 1 heterocycles. The fraction of sp³-hybridized carbons (Fsp3) is 0.600. The molecule has 158 valence electrons. The molecule has 1 aliphatic heterocycles. The first kappa shape index (κ1) is 24.6. The molecule has 0 aliphatic carbocycles. The summed E-state index contributed by atoms with van der Waals surface area (Å²) in [4.78, 5) is 20.5. The van der Waals surface area contributed by atoms with Crippen LogP contribution >= 0.6 is 24.0 Å². The van der Waals surface area contributed by atoms with Gasteiger partial charge in [-0.15, -0.1) is 24.0 Å². The van der Waals surface area contributed by atoms with E-state index in [1.165, 1.54) is 5.56 Å². The highest BCUT2D eigenvalue weighted by Crippen LogP contribution is 2.04. The van der Waals surface area contributed by atoms with Gasteiger partial charge in [0.15, 0.2) is 5.96 Å². The van der Waals surface area contributed by atoms with Gasteiger partial charge in [-0.05, 0) is 25.5 Å². The Hall–Kier alpha value is -1.39. The Morgan fingerprint density at radius 1 is 1.18 bits per heavy atom. The number of carbonyl (C=O) groups excluding carboxylic acids is 1. The number of benzene rings is 1. The van der Waals surface area contributed by atoms with Gasteiger partial charge in [-0.2, -0.15) is 0 Å². The number of halogens is 1. The maximum atomic E-state index is 11.9. The molecule has 2 rings (SSSR count). The van der Waals surface area contributed by atoms with Crippen molar-refractivity contribution in [2.24, 2.45) is 4.99 Å². The molecular formula is C20H34IN5O2. The van der Waals surface area contributed by atoms with Crippen LogP contribution in [0, 0.1) is 6.92 Å². The van der Waals surface area contributed by atoms with E-state index in [0.29, 0.717) is 12.5 Å². The van der Waals surface area contributed by atoms with Gasteiger partial charge >= 0.3 is 0 Å². The largest absolute Gasteiger partial charge is 0.379 e. The summed E-state index contributed by atoms with van der Waals surface area (Å²) in [5, 5.41) is 6.48. The number of hydrogen-bond donors (Lipinski definition) is 2. The molecule has 1 aromatic rings. The SMILES string of the molecule is Cc1ccc(CN=C(NCCCN2CCOCC2)NCC(=O)N(C)C)cc1.I. The third kappa shape index (κ3) is 9.70. The molecule has 0 saturated carbocycles. The van der Waals surface area contributed by atoms with Crippen molar-refractivity contribution < 1.29 is 9.53 Å². The van der Waals surface area contributed by atoms with E-state index in [9.17, 15) is 4.79 Å². The van der Waals surface area contributed by atoms with Crippen LogP contribution in [0.4, 0.5) is 0 Å². The number of nitrogens with zero attached hydrogens (tertiary/aromatic N) is 3. The van der Waals surface area contributed by atoms with E-state index < -0.39 is 0 Å². The third-order valence-corrected chi connectivity index (χ3v) is 4.49. The number of carbonyl (C=O) groups is 1. The molecule has 0 bridgehead atoms. The minimum atomic E-state index is 0. The molecule has 7 nitrogen and oxygen atoms in total. The highest BCUT2D eigenvalue weighted by Gasteiger charge is 2.10. The fourth-order valence-corrected chi connectivity index (χ4v) is 2.69. The van der Waals surface area contributed by atoms with Crippen molar-refractivity contribution in [2.75, 3.05) is 60.0 Å². The molecule has 28 heavy (non-hydrogen) atoms. The predicted octanol–water partition coefficient (Wildman–Crippen LogP) is 1.46. The minimum absolute atomic E-state index is 0. The van der Waals surface area contributed by atoms with Gasteiger partial charge in [-0.25, -0.2) is 4.99 Å². The smallest absolute Gasteiger partial charge is 0.241 e. The monoisotopic (exact) mass is 503 g/mol. The number of aryl methyl sites for hydroxylation is 1. The lowest BCUT2D eigenvalue weighted by molar-refractivity contribution is -0.127. The summed E-state index contributed by atoms with van der Waals surface area (Å²) in [6.45, 7) is 8.39. The van der Waals surface area contributed by atoms with E-state index in [2.05, 4.69) is 51.7 Å². The van der Waals surface area contributed by atoms with Crippen LogP contribution in [0.15, 0.2) is 29.3 Å². The van der Waals surface area contributed by atoms with Gasteiger partial charge in [0.2, 0.25) is 5.91 Å². The Kier molecular flexibility index (Phi) is 12.1. The molecule has 1 aromatic carbocycles. The van der Waals surface area contributed by atoms with Crippen LogP contribution in [0.1, 0.15) is 17.5 Å². The molecule has 1 fully saturated rings. The highest BCUT2D eigenvalue weighted by atomic mass is 127. The number of hydrogen-bond acceptors (Lipinski definition) is 4. The van der Waals surface area contributed by atoms with Crippen LogP contribution in [0.3, 0.4) is 0 Å². The van der Waals surface area contributed by atoms with Crippen LogP contribution in [0.5, 0.6) is 0 Å². The molecule has 0 atom stereocenters. The molecule has 0 unspecified atom stereocenters. The van der Waals surface area contributed by atoms with Gasteiger partial charge in [0, 0.05) is 33.7 Å². The minimum Gasteiger partial charge on any atom is -0.379 e. The zero-order valence-electron chi connectivity index (χ0n) is 17.2. The number of aliphatic imine (C=N–C) groups is 1. The molecular weight excluding hydrogens is 469 g/mol. The van der Waals surface area contributed by atoms with Crippen molar-refractivity contribution in [1.29, 1.82) is 0 Å². The van der Waals surface area contributed by atoms with Gasteiger partial charge < -0.3 is 20.3 Å². The summed E-state index contributed by atoms with van der Waals surface area (Å²) >= 11 is 0. The first-order chi connectivity index (χ1) is 13.0. The lowest BCUT2D eigenvalue weighted by atomic mass is 10.1. The molecule has 1 aliphatic rings. The maximum absolute atomic E-state index is 11.9. The third-order valence-electron chi connectivity index (χ3n) is 4.49. The lowest BCUT2D eigenvalue weighted by Gasteiger charge is -2.26. The van der Waals surface area contributed by atoms with Crippen molar-refractivity contribution in [1.82, 2.24) is 20.4 Å². The van der Waals surface area contributed by atoms with Crippen LogP contribution in [0.2, 0.25) is 0 Å². The topological polar surface area (TPSA) is 69.2 Å². The second-order valence-electron chi connectivity index (χ2n) is 7.03. The molecule has 1 saturated heterocycles. The van der Waals surface area contributed by atoms with Gasteiger partial charge in [0.25, 0.3) is 0 Å². The number of ether oxygens (including phenoxy) is 1. The van der Waals surface area contributed by atoms with E-state index in [1.807, 2.05) is 0 Å². The number of rotatable bonds is 8.